The molecule has 1 aromatic carbocycles. The largest absolute Gasteiger partial charge is 0.460 e. The third kappa shape index (κ3) is 4.63. The zero-order valence-corrected chi connectivity index (χ0v) is 11.0. The number of ether oxygens (including phenoxy) is 1. The van der Waals surface area contributed by atoms with Crippen molar-refractivity contribution in [2.75, 3.05) is 32.7 Å². The molecule has 0 bridgehead atoms. The summed E-state index contributed by atoms with van der Waals surface area (Å²) in [4.78, 5) is 14.0. The molecule has 0 radical (unpaired) electrons. The van der Waals surface area contributed by atoms with E-state index in [1.807, 2.05) is 30.3 Å². The van der Waals surface area contributed by atoms with Crippen LogP contribution in [0.2, 0.25) is 0 Å². The third-order valence-electron chi connectivity index (χ3n) is 3.19. The van der Waals surface area contributed by atoms with E-state index in [1.54, 1.807) is 0 Å². The molecule has 19 heavy (non-hydrogen) atoms. The molecule has 1 aliphatic rings. The van der Waals surface area contributed by atoms with Gasteiger partial charge in [-0.05, 0) is 5.56 Å². The minimum atomic E-state index is -0.568. The predicted molar refractivity (Wildman–Crippen MR) is 73.5 cm³/mol. The molecule has 1 heterocycles. The van der Waals surface area contributed by atoms with Crippen molar-refractivity contribution in [2.24, 2.45) is 5.73 Å². The molecule has 1 aliphatic heterocycles. The highest BCUT2D eigenvalue weighted by Gasteiger charge is 2.20. The van der Waals surface area contributed by atoms with Crippen LogP contribution in [0.1, 0.15) is 5.56 Å². The molecular formula is C14H21N3O2. The van der Waals surface area contributed by atoms with Gasteiger partial charge in [-0.2, -0.15) is 0 Å². The van der Waals surface area contributed by atoms with Gasteiger partial charge in [-0.3, -0.25) is 9.69 Å². The number of nitrogens with one attached hydrogen (secondary N) is 1. The zero-order valence-electron chi connectivity index (χ0n) is 11.0. The normalized spacial score (nSPS) is 17.9. The quantitative estimate of drug-likeness (QED) is 0.730. The predicted octanol–water partition coefficient (Wildman–Crippen LogP) is -0.0377. The SMILES string of the molecule is N[C@@H](CN1CCNCC1)C(=O)OCc1ccccc1. The van der Waals surface area contributed by atoms with E-state index >= 15 is 0 Å². The summed E-state index contributed by atoms with van der Waals surface area (Å²) in [5.41, 5.74) is 6.85. The van der Waals surface area contributed by atoms with Crippen molar-refractivity contribution in [3.05, 3.63) is 35.9 Å². The van der Waals surface area contributed by atoms with Crippen LogP contribution in [-0.2, 0) is 16.1 Å². The fraction of sp³-hybridized carbons (Fsp3) is 0.500. The van der Waals surface area contributed by atoms with Gasteiger partial charge in [-0.25, -0.2) is 0 Å². The van der Waals surface area contributed by atoms with Crippen LogP contribution in [0.5, 0.6) is 0 Å². The lowest BCUT2D eigenvalue weighted by atomic mass is 10.2. The molecule has 0 aliphatic carbocycles. The van der Waals surface area contributed by atoms with Crippen molar-refractivity contribution in [1.82, 2.24) is 10.2 Å². The Hall–Kier alpha value is -1.43. The van der Waals surface area contributed by atoms with E-state index in [2.05, 4.69) is 10.2 Å². The molecule has 2 rings (SSSR count). The first kappa shape index (κ1) is 14.0. The highest BCUT2D eigenvalue weighted by Crippen LogP contribution is 2.02. The van der Waals surface area contributed by atoms with E-state index in [4.69, 9.17) is 10.5 Å². The second-order valence-corrected chi connectivity index (χ2v) is 4.75. The van der Waals surface area contributed by atoms with Gasteiger partial charge in [-0.15, -0.1) is 0 Å². The zero-order chi connectivity index (χ0) is 13.5. The summed E-state index contributed by atoms with van der Waals surface area (Å²) in [7, 11) is 0. The van der Waals surface area contributed by atoms with Crippen molar-refractivity contribution >= 4 is 5.97 Å². The minimum Gasteiger partial charge on any atom is -0.460 e. The van der Waals surface area contributed by atoms with Gasteiger partial charge in [0.25, 0.3) is 0 Å². The standard InChI is InChI=1S/C14H21N3O2/c15-13(10-17-8-6-16-7-9-17)14(18)19-11-12-4-2-1-3-5-12/h1-5,13,16H,6-11,15H2/t13-/m0/s1. The summed E-state index contributed by atoms with van der Waals surface area (Å²) in [6, 6.07) is 9.06. The number of hydrogen-bond acceptors (Lipinski definition) is 5. The van der Waals surface area contributed by atoms with Crippen LogP contribution >= 0.6 is 0 Å². The Bertz CT molecular complexity index is 391. The maximum Gasteiger partial charge on any atom is 0.324 e. The van der Waals surface area contributed by atoms with Gasteiger partial charge in [0.1, 0.15) is 12.6 Å². The fourth-order valence-corrected chi connectivity index (χ4v) is 2.08. The number of nitrogens with zero attached hydrogens (tertiary/aromatic N) is 1. The van der Waals surface area contributed by atoms with Crippen LogP contribution in [0.3, 0.4) is 0 Å². The molecule has 0 unspecified atom stereocenters. The Kier molecular flexibility index (Phi) is 5.32. The molecule has 1 atom stereocenters. The number of rotatable bonds is 5. The van der Waals surface area contributed by atoms with Crippen LogP contribution < -0.4 is 11.1 Å². The van der Waals surface area contributed by atoms with E-state index in [-0.39, 0.29) is 12.6 Å². The van der Waals surface area contributed by atoms with E-state index < -0.39 is 6.04 Å². The van der Waals surface area contributed by atoms with E-state index in [0.29, 0.717) is 6.54 Å². The Morgan fingerprint density at radius 1 is 1.32 bits per heavy atom. The van der Waals surface area contributed by atoms with Gasteiger partial charge in [0.05, 0.1) is 0 Å². The third-order valence-corrected chi connectivity index (χ3v) is 3.19. The lowest BCUT2D eigenvalue weighted by Gasteiger charge is -2.28. The Morgan fingerprint density at radius 2 is 2.00 bits per heavy atom. The van der Waals surface area contributed by atoms with Crippen molar-refractivity contribution in [3.8, 4) is 0 Å². The van der Waals surface area contributed by atoms with E-state index in [0.717, 1.165) is 31.7 Å². The fourth-order valence-electron chi connectivity index (χ4n) is 2.08. The summed E-state index contributed by atoms with van der Waals surface area (Å²) in [6.45, 7) is 4.61. The Balaban J connectivity index is 1.72. The Labute approximate surface area is 113 Å². The number of carbonyl (C=O) groups excluding carboxylic acids is 1. The first-order valence-electron chi connectivity index (χ1n) is 6.65. The van der Waals surface area contributed by atoms with Gasteiger partial charge < -0.3 is 15.8 Å². The average Bonchev–Trinajstić information content (AvgIpc) is 2.47. The van der Waals surface area contributed by atoms with Crippen LogP contribution in [0.15, 0.2) is 30.3 Å². The van der Waals surface area contributed by atoms with E-state index in [9.17, 15) is 4.79 Å². The summed E-state index contributed by atoms with van der Waals surface area (Å²) in [5, 5.41) is 3.27. The number of esters is 1. The van der Waals surface area contributed by atoms with Crippen molar-refractivity contribution < 1.29 is 9.53 Å². The number of piperazine rings is 1. The molecule has 0 aromatic heterocycles. The molecule has 3 N–H and O–H groups in total. The highest BCUT2D eigenvalue weighted by atomic mass is 16.5. The molecule has 1 saturated heterocycles. The first-order valence-corrected chi connectivity index (χ1v) is 6.65. The molecule has 5 heteroatoms. The number of carbonyl (C=O) groups is 1. The second kappa shape index (κ2) is 7.23. The van der Waals surface area contributed by atoms with Crippen LogP contribution in [0.25, 0.3) is 0 Å². The van der Waals surface area contributed by atoms with Crippen LogP contribution in [0.4, 0.5) is 0 Å². The topological polar surface area (TPSA) is 67.6 Å². The van der Waals surface area contributed by atoms with Crippen molar-refractivity contribution in [2.45, 2.75) is 12.6 Å². The highest BCUT2D eigenvalue weighted by molar-refractivity contribution is 5.75. The molecule has 0 spiro atoms. The lowest BCUT2D eigenvalue weighted by molar-refractivity contribution is -0.147. The molecule has 0 amide bonds. The number of benzene rings is 1. The molecule has 1 aromatic rings. The summed E-state index contributed by atoms with van der Waals surface area (Å²) in [6.07, 6.45) is 0. The molecule has 0 saturated carbocycles. The van der Waals surface area contributed by atoms with Gasteiger partial charge in [0.2, 0.25) is 0 Å². The Morgan fingerprint density at radius 3 is 2.68 bits per heavy atom. The monoisotopic (exact) mass is 263 g/mol. The number of nitrogens with two attached hydrogens (primary N) is 1. The van der Waals surface area contributed by atoms with Crippen LogP contribution in [-0.4, -0.2) is 49.6 Å². The van der Waals surface area contributed by atoms with Crippen molar-refractivity contribution in [3.63, 3.8) is 0 Å². The summed E-state index contributed by atoms with van der Waals surface area (Å²) >= 11 is 0. The molecule has 104 valence electrons. The number of hydrogen-bond donors (Lipinski definition) is 2. The maximum absolute atomic E-state index is 11.8. The summed E-state index contributed by atoms with van der Waals surface area (Å²) < 4.78 is 5.23. The summed E-state index contributed by atoms with van der Waals surface area (Å²) in [5.74, 6) is -0.331. The smallest absolute Gasteiger partial charge is 0.324 e. The minimum absolute atomic E-state index is 0.287. The van der Waals surface area contributed by atoms with E-state index in [1.165, 1.54) is 0 Å². The van der Waals surface area contributed by atoms with Gasteiger partial charge in [0, 0.05) is 32.7 Å². The molecule has 1 fully saturated rings. The molecular weight excluding hydrogens is 242 g/mol. The van der Waals surface area contributed by atoms with Gasteiger partial charge in [-0.1, -0.05) is 30.3 Å². The first-order chi connectivity index (χ1) is 9.25. The van der Waals surface area contributed by atoms with Crippen molar-refractivity contribution in [1.29, 1.82) is 0 Å². The second-order valence-electron chi connectivity index (χ2n) is 4.75. The lowest BCUT2D eigenvalue weighted by Crippen LogP contribution is -2.50. The van der Waals surface area contributed by atoms with Crippen LogP contribution in [0, 0.1) is 0 Å². The maximum atomic E-state index is 11.8. The average molecular weight is 263 g/mol. The van der Waals surface area contributed by atoms with Gasteiger partial charge in [0.15, 0.2) is 0 Å². The molecule has 5 nitrogen and oxygen atoms in total. The van der Waals surface area contributed by atoms with Gasteiger partial charge >= 0.3 is 5.97 Å².